The van der Waals surface area contributed by atoms with E-state index in [1.807, 2.05) is 0 Å². The summed E-state index contributed by atoms with van der Waals surface area (Å²) in [5, 5.41) is 40.0. The third kappa shape index (κ3) is 14.3. The lowest BCUT2D eigenvalue weighted by molar-refractivity contribution is 0.591. The Bertz CT molecular complexity index is 6880. The molecule has 20 rings (SSSR count). The Hall–Kier alpha value is -11.7. The molecule has 0 aromatic heterocycles. The molecule has 0 fully saturated rings. The standard InChI is InChI=1S/5C22H20/c1-22(2,3)21-18-11-7-5-9-16(18)14-20-17-10-6-4-8-15(17)12-13-19(20)21;1-22(2,3)21-10-6-8-16-13-19-17(14-20(16)21)12-11-15-7-4-5-9-18(15)19;1-22(2,3)21-10-6-8-16-13-17-12-11-15-7-4-5-9-18(15)19(17)14-20(16)21;1-22(2,3)19-11-10-16-14-21-17(12-18(16)13-19)9-8-15-6-4-5-7-20(15)21;1-22(2,3)19-11-10-16-12-17-9-8-15-6-4-5-7-20(15)21(17)14-18(16)13-19/h5*4-14H,1-3H3. The maximum atomic E-state index is 2.38. The maximum absolute atomic E-state index is 2.38. The van der Waals surface area contributed by atoms with Gasteiger partial charge in [-0.15, -0.1) is 0 Å². The van der Waals surface area contributed by atoms with Gasteiger partial charge in [0.25, 0.3) is 0 Å². The molecule has 20 aromatic rings. The lowest BCUT2D eigenvalue weighted by atomic mass is 9.79. The zero-order valence-electron chi connectivity index (χ0n) is 66.8. The first kappa shape index (κ1) is 72.5. The summed E-state index contributed by atoms with van der Waals surface area (Å²) < 4.78 is 0. The van der Waals surface area contributed by atoms with Crippen LogP contribution in [-0.2, 0) is 27.1 Å². The summed E-state index contributed by atoms with van der Waals surface area (Å²) >= 11 is 0. The van der Waals surface area contributed by atoms with Crippen molar-refractivity contribution in [1.29, 1.82) is 0 Å². The first-order valence-corrected chi connectivity index (χ1v) is 39.4. The minimum Gasteiger partial charge on any atom is -0.0616 e. The van der Waals surface area contributed by atoms with E-state index in [1.165, 1.54) is 189 Å². The summed E-state index contributed by atoms with van der Waals surface area (Å²) in [6.45, 7) is 34.2. The van der Waals surface area contributed by atoms with Crippen LogP contribution in [0.25, 0.3) is 162 Å². The topological polar surface area (TPSA) is 0 Å². The van der Waals surface area contributed by atoms with Gasteiger partial charge in [-0.2, -0.15) is 0 Å². The Labute approximate surface area is 649 Å². The normalized spacial score (nSPS) is 12.3. The molecular weight excluding hydrogens is 1320 g/mol. The van der Waals surface area contributed by atoms with E-state index in [4.69, 9.17) is 0 Å². The van der Waals surface area contributed by atoms with Gasteiger partial charge in [-0.3, -0.25) is 0 Å². The molecule has 0 unspecified atom stereocenters. The van der Waals surface area contributed by atoms with Gasteiger partial charge < -0.3 is 0 Å². The van der Waals surface area contributed by atoms with Crippen molar-refractivity contribution in [3.63, 3.8) is 0 Å². The lowest BCUT2D eigenvalue weighted by Crippen LogP contribution is -2.12. The molecule has 110 heavy (non-hydrogen) atoms. The Balaban J connectivity index is 0.000000104. The number of hydrogen-bond acceptors (Lipinski definition) is 0. The van der Waals surface area contributed by atoms with Gasteiger partial charge in [-0.1, -0.05) is 383 Å². The molecule has 0 nitrogen and oxygen atoms in total. The van der Waals surface area contributed by atoms with Crippen molar-refractivity contribution in [2.75, 3.05) is 0 Å². The third-order valence-corrected chi connectivity index (χ3v) is 22.8. The van der Waals surface area contributed by atoms with E-state index in [0.717, 1.165) is 0 Å². The minimum absolute atomic E-state index is 0.113. The van der Waals surface area contributed by atoms with Crippen LogP contribution in [-0.4, -0.2) is 0 Å². The second kappa shape index (κ2) is 28.4. The van der Waals surface area contributed by atoms with Crippen molar-refractivity contribution in [3.8, 4) is 0 Å². The van der Waals surface area contributed by atoms with Crippen molar-refractivity contribution < 1.29 is 0 Å². The molecule has 0 aliphatic rings. The summed E-state index contributed by atoms with van der Waals surface area (Å²) in [5.41, 5.74) is 7.85. The number of rotatable bonds is 0. The van der Waals surface area contributed by atoms with E-state index >= 15 is 0 Å². The molecule has 0 bridgehead atoms. The molecule has 0 amide bonds. The predicted molar refractivity (Wildman–Crippen MR) is 488 cm³/mol. The molecule has 0 spiro atoms. The van der Waals surface area contributed by atoms with Crippen molar-refractivity contribution in [1.82, 2.24) is 0 Å². The largest absolute Gasteiger partial charge is 0.0616 e. The van der Waals surface area contributed by atoms with Gasteiger partial charge in [-0.25, -0.2) is 0 Å². The van der Waals surface area contributed by atoms with Crippen LogP contribution in [0.15, 0.2) is 334 Å². The van der Waals surface area contributed by atoms with Gasteiger partial charge in [0.2, 0.25) is 0 Å². The monoisotopic (exact) mass is 1420 g/mol. The van der Waals surface area contributed by atoms with Gasteiger partial charge in [-0.05, 0) is 271 Å². The van der Waals surface area contributed by atoms with Crippen LogP contribution in [0.1, 0.15) is 132 Å². The van der Waals surface area contributed by atoms with Gasteiger partial charge in [0.15, 0.2) is 0 Å². The molecular formula is C110H100. The number of benzene rings is 20. The Morgan fingerprint density at radius 2 is 0.382 bits per heavy atom. The van der Waals surface area contributed by atoms with Crippen LogP contribution < -0.4 is 0 Å². The smallest absolute Gasteiger partial charge is 0.00960 e. The van der Waals surface area contributed by atoms with E-state index in [1.54, 1.807) is 0 Å². The van der Waals surface area contributed by atoms with Crippen molar-refractivity contribution >= 4 is 162 Å². The zero-order valence-corrected chi connectivity index (χ0v) is 66.8. The van der Waals surface area contributed by atoms with Crippen LogP contribution in [0.2, 0.25) is 0 Å². The molecule has 0 saturated heterocycles. The van der Waals surface area contributed by atoms with Gasteiger partial charge in [0.1, 0.15) is 0 Å². The van der Waals surface area contributed by atoms with E-state index in [-0.39, 0.29) is 27.1 Å². The summed E-state index contributed by atoms with van der Waals surface area (Å²) in [4.78, 5) is 0. The lowest BCUT2D eigenvalue weighted by Gasteiger charge is -2.24. The fourth-order valence-electron chi connectivity index (χ4n) is 16.9. The predicted octanol–water partition coefficient (Wildman–Crippen LogP) is 32.2. The molecule has 540 valence electrons. The Morgan fingerprint density at radius 3 is 0.809 bits per heavy atom. The first-order valence-electron chi connectivity index (χ1n) is 39.4. The minimum atomic E-state index is 0.113. The van der Waals surface area contributed by atoms with Crippen molar-refractivity contribution in [2.24, 2.45) is 0 Å². The summed E-state index contributed by atoms with van der Waals surface area (Å²) in [7, 11) is 0. The number of hydrogen-bond donors (Lipinski definition) is 0. The SMILES string of the molecule is CC(C)(C)c1c2ccccc2cc2c1ccc1ccccc12.CC(C)(C)c1ccc2cc3c(ccc4ccccc43)cc2c1.CC(C)(C)c1ccc2cc3ccc4ccccc4c3cc2c1.CC(C)(C)c1cccc2cc3c(ccc4ccccc43)cc12.CC(C)(C)c1cccc2cc3ccc4ccccc4c3cc12. The molecule has 0 heteroatoms. The quantitative estimate of drug-likeness (QED) is 0.105. The summed E-state index contributed by atoms with van der Waals surface area (Å²) in [6.07, 6.45) is 0. The molecule has 0 aliphatic carbocycles. The summed E-state index contributed by atoms with van der Waals surface area (Å²) in [6, 6.07) is 122. The second-order valence-corrected chi connectivity index (χ2v) is 35.7. The van der Waals surface area contributed by atoms with Crippen LogP contribution >= 0.6 is 0 Å². The first-order chi connectivity index (χ1) is 52.7. The van der Waals surface area contributed by atoms with E-state index < -0.39 is 0 Å². The van der Waals surface area contributed by atoms with Crippen molar-refractivity contribution in [2.45, 2.75) is 131 Å². The van der Waals surface area contributed by atoms with E-state index in [0.29, 0.717) is 0 Å². The molecule has 0 heterocycles. The van der Waals surface area contributed by atoms with E-state index in [9.17, 15) is 0 Å². The highest BCUT2D eigenvalue weighted by Gasteiger charge is 2.23. The van der Waals surface area contributed by atoms with Crippen LogP contribution in [0.5, 0.6) is 0 Å². The molecule has 0 atom stereocenters. The number of fused-ring (bicyclic) bond motifs is 20. The Kier molecular flexibility index (Phi) is 18.7. The molecule has 0 N–H and O–H groups in total. The van der Waals surface area contributed by atoms with Gasteiger partial charge in [0.05, 0.1) is 0 Å². The molecule has 0 radical (unpaired) electrons. The zero-order chi connectivity index (χ0) is 76.6. The average Bonchev–Trinajstić information content (AvgIpc) is 0.787. The highest BCUT2D eigenvalue weighted by molar-refractivity contribution is 6.18. The fraction of sp³-hybridized carbons (Fsp3) is 0.182. The average molecular weight is 1420 g/mol. The fourth-order valence-corrected chi connectivity index (χ4v) is 16.9. The second-order valence-electron chi connectivity index (χ2n) is 35.7. The Morgan fingerprint density at radius 1 is 0.127 bits per heavy atom. The van der Waals surface area contributed by atoms with Crippen molar-refractivity contribution in [3.05, 3.63) is 361 Å². The third-order valence-electron chi connectivity index (χ3n) is 22.8. The molecule has 0 saturated carbocycles. The van der Waals surface area contributed by atoms with Crippen LogP contribution in [0.4, 0.5) is 0 Å². The van der Waals surface area contributed by atoms with Gasteiger partial charge in [0, 0.05) is 0 Å². The maximum Gasteiger partial charge on any atom is -0.00960 e. The van der Waals surface area contributed by atoms with E-state index in [2.05, 4.69) is 438 Å². The highest BCUT2D eigenvalue weighted by Crippen LogP contribution is 2.42. The highest BCUT2D eigenvalue weighted by atomic mass is 14.3. The summed E-state index contributed by atoms with van der Waals surface area (Å²) in [5.74, 6) is 0. The van der Waals surface area contributed by atoms with Crippen LogP contribution in [0, 0.1) is 0 Å². The molecule has 20 aromatic carbocycles. The van der Waals surface area contributed by atoms with Gasteiger partial charge >= 0.3 is 0 Å². The van der Waals surface area contributed by atoms with Crippen LogP contribution in [0.3, 0.4) is 0 Å². The molecule has 0 aliphatic heterocycles.